The molecule has 0 saturated heterocycles. The molecule has 0 radical (unpaired) electrons. The van der Waals surface area contributed by atoms with Crippen LogP contribution in [0, 0.1) is 0 Å². The summed E-state index contributed by atoms with van der Waals surface area (Å²) in [6.07, 6.45) is 2.44. The molecule has 0 aliphatic carbocycles. The van der Waals surface area contributed by atoms with Crippen molar-refractivity contribution in [2.45, 2.75) is 12.9 Å². The highest BCUT2D eigenvalue weighted by atomic mass is 79.9. The molecular weight excluding hydrogens is 384 g/mol. The molecule has 2 aromatic carbocycles. The lowest BCUT2D eigenvalue weighted by Gasteiger charge is -2.18. The summed E-state index contributed by atoms with van der Waals surface area (Å²) in [4.78, 5) is 0. The Bertz CT molecular complexity index is 707. The summed E-state index contributed by atoms with van der Waals surface area (Å²) in [6, 6.07) is 11.3. The molecule has 1 aliphatic heterocycles. The highest BCUT2D eigenvalue weighted by molar-refractivity contribution is 9.10. The van der Waals surface area contributed by atoms with Crippen molar-refractivity contribution in [3.05, 3.63) is 69.5 Å². The van der Waals surface area contributed by atoms with Crippen molar-refractivity contribution in [1.29, 1.82) is 0 Å². The van der Waals surface area contributed by atoms with Gasteiger partial charge in [0.05, 0.1) is 17.7 Å². The van der Waals surface area contributed by atoms with Crippen LogP contribution in [-0.4, -0.2) is 7.11 Å². The van der Waals surface area contributed by atoms with Gasteiger partial charge < -0.3 is 18.9 Å². The van der Waals surface area contributed by atoms with E-state index in [1.807, 2.05) is 36.4 Å². The lowest BCUT2D eigenvalue weighted by atomic mass is 10.2. The molecule has 23 heavy (non-hydrogen) atoms. The Morgan fingerprint density at radius 2 is 1.78 bits per heavy atom. The fourth-order valence-corrected chi connectivity index (χ4v) is 2.68. The van der Waals surface area contributed by atoms with Gasteiger partial charge in [0.2, 0.25) is 0 Å². The van der Waals surface area contributed by atoms with Crippen LogP contribution in [0.3, 0.4) is 0 Å². The molecule has 0 N–H and O–H groups in total. The topological polar surface area (TPSA) is 36.9 Å². The second-order valence-corrected chi connectivity index (χ2v) is 6.03. The fourth-order valence-electron chi connectivity index (χ4n) is 2.14. The molecule has 0 bridgehead atoms. The molecule has 0 saturated carbocycles. The van der Waals surface area contributed by atoms with Gasteiger partial charge in [-0.2, -0.15) is 0 Å². The first-order valence-corrected chi connectivity index (χ1v) is 8.05. The Labute approximate surface area is 147 Å². The van der Waals surface area contributed by atoms with E-state index in [0.717, 1.165) is 21.3 Å². The number of hydrogen-bond acceptors (Lipinski definition) is 4. The zero-order chi connectivity index (χ0) is 16.2. The van der Waals surface area contributed by atoms with Crippen LogP contribution in [-0.2, 0) is 16.1 Å². The summed E-state index contributed by atoms with van der Waals surface area (Å²) in [5, 5.41) is 0.482. The van der Waals surface area contributed by atoms with Crippen molar-refractivity contribution < 1.29 is 18.9 Å². The molecule has 4 nitrogen and oxygen atoms in total. The van der Waals surface area contributed by atoms with Crippen molar-refractivity contribution in [2.24, 2.45) is 0 Å². The van der Waals surface area contributed by atoms with Gasteiger partial charge in [0.1, 0.15) is 30.6 Å². The highest BCUT2D eigenvalue weighted by Gasteiger charge is 2.23. The van der Waals surface area contributed by atoms with E-state index in [0.29, 0.717) is 17.4 Å². The van der Waals surface area contributed by atoms with E-state index in [4.69, 9.17) is 30.5 Å². The molecular formula is C17H14BrClO4. The number of methoxy groups -OCH3 is 1. The van der Waals surface area contributed by atoms with E-state index >= 15 is 0 Å². The highest BCUT2D eigenvalue weighted by Crippen LogP contribution is 2.41. The Balaban J connectivity index is 1.81. The smallest absolute Gasteiger partial charge is 0.269 e. The van der Waals surface area contributed by atoms with E-state index < -0.39 is 6.29 Å². The molecule has 3 rings (SSSR count). The zero-order valence-electron chi connectivity index (χ0n) is 12.3. The van der Waals surface area contributed by atoms with E-state index in [9.17, 15) is 0 Å². The lowest BCUT2D eigenvalue weighted by molar-refractivity contribution is -0.0265. The first kappa shape index (κ1) is 16.0. The molecule has 0 unspecified atom stereocenters. The van der Waals surface area contributed by atoms with Gasteiger partial charge in [-0.05, 0) is 45.8 Å². The van der Waals surface area contributed by atoms with Gasteiger partial charge in [-0.3, -0.25) is 0 Å². The summed E-state index contributed by atoms with van der Waals surface area (Å²) in [5.41, 5.74) is 1.73. The molecule has 0 atom stereocenters. The van der Waals surface area contributed by atoms with Gasteiger partial charge in [-0.15, -0.1) is 0 Å². The molecule has 0 amide bonds. The Kier molecular flexibility index (Phi) is 4.98. The Hall–Kier alpha value is -1.85. The summed E-state index contributed by atoms with van der Waals surface area (Å²) < 4.78 is 22.6. The normalized spacial score (nSPS) is 13.5. The molecule has 120 valence electrons. The molecule has 1 heterocycles. The zero-order valence-corrected chi connectivity index (χ0v) is 14.6. The van der Waals surface area contributed by atoms with Crippen LogP contribution in [0.2, 0.25) is 5.02 Å². The third kappa shape index (κ3) is 3.57. The first-order chi connectivity index (χ1) is 11.2. The first-order valence-electron chi connectivity index (χ1n) is 6.88. The van der Waals surface area contributed by atoms with Crippen molar-refractivity contribution in [1.82, 2.24) is 0 Å². The lowest BCUT2D eigenvalue weighted by Crippen LogP contribution is -2.04. The Morgan fingerprint density at radius 1 is 1.09 bits per heavy atom. The summed E-state index contributed by atoms with van der Waals surface area (Å²) >= 11 is 9.78. The van der Waals surface area contributed by atoms with E-state index in [1.165, 1.54) is 12.5 Å². The molecule has 0 fully saturated rings. The minimum Gasteiger partial charge on any atom is -0.497 e. The maximum absolute atomic E-state index is 6.37. The number of ether oxygens (including phenoxy) is 4. The van der Waals surface area contributed by atoms with Crippen LogP contribution >= 0.6 is 27.5 Å². The van der Waals surface area contributed by atoms with Gasteiger partial charge in [0.15, 0.2) is 0 Å². The van der Waals surface area contributed by atoms with Crippen molar-refractivity contribution in [2.75, 3.05) is 7.11 Å². The van der Waals surface area contributed by atoms with Crippen LogP contribution in [0.4, 0.5) is 0 Å². The quantitative estimate of drug-likeness (QED) is 0.694. The minimum atomic E-state index is -0.550. The van der Waals surface area contributed by atoms with E-state index in [-0.39, 0.29) is 0 Å². The van der Waals surface area contributed by atoms with Crippen molar-refractivity contribution in [3.63, 3.8) is 0 Å². The largest absolute Gasteiger partial charge is 0.497 e. The van der Waals surface area contributed by atoms with Crippen LogP contribution in [0.5, 0.6) is 11.5 Å². The van der Waals surface area contributed by atoms with E-state index in [1.54, 1.807) is 7.11 Å². The molecule has 2 aromatic rings. The van der Waals surface area contributed by atoms with Crippen LogP contribution in [0.1, 0.15) is 17.4 Å². The minimum absolute atomic E-state index is 0.368. The number of halogens is 2. The predicted molar refractivity (Wildman–Crippen MR) is 90.5 cm³/mol. The average Bonchev–Trinajstić information content (AvgIpc) is 3.11. The standard InChI is InChI=1S/C17H14BrClO4/c1-20-12-4-2-11(3-5-12)10-23-16-13(17-21-8-9-22-17)6-7-14(18)15(16)19/h2-9,17H,10H2,1H3. The molecule has 0 aromatic heterocycles. The maximum atomic E-state index is 6.37. The summed E-state index contributed by atoms with van der Waals surface area (Å²) in [6.45, 7) is 0.368. The van der Waals surface area contributed by atoms with Crippen LogP contribution in [0.15, 0.2) is 53.4 Å². The summed E-state index contributed by atoms with van der Waals surface area (Å²) in [5.74, 6) is 1.33. The van der Waals surface area contributed by atoms with Crippen molar-refractivity contribution >= 4 is 27.5 Å². The predicted octanol–water partition coefficient (Wildman–Crippen LogP) is 5.21. The van der Waals surface area contributed by atoms with Gasteiger partial charge in [0.25, 0.3) is 6.29 Å². The number of hydrogen-bond donors (Lipinski definition) is 0. The second kappa shape index (κ2) is 7.15. The number of rotatable bonds is 5. The molecule has 0 spiro atoms. The maximum Gasteiger partial charge on any atom is 0.269 e. The second-order valence-electron chi connectivity index (χ2n) is 4.79. The van der Waals surface area contributed by atoms with E-state index in [2.05, 4.69) is 15.9 Å². The molecule has 1 aliphatic rings. The molecule has 6 heteroatoms. The van der Waals surface area contributed by atoms with Gasteiger partial charge >= 0.3 is 0 Å². The average molecular weight is 398 g/mol. The van der Waals surface area contributed by atoms with Crippen LogP contribution < -0.4 is 9.47 Å². The third-order valence-electron chi connectivity index (χ3n) is 3.34. The van der Waals surface area contributed by atoms with Crippen molar-refractivity contribution in [3.8, 4) is 11.5 Å². The number of benzene rings is 2. The van der Waals surface area contributed by atoms with Gasteiger partial charge in [0, 0.05) is 4.47 Å². The Morgan fingerprint density at radius 3 is 2.43 bits per heavy atom. The van der Waals surface area contributed by atoms with Crippen LogP contribution in [0.25, 0.3) is 0 Å². The van der Waals surface area contributed by atoms with Gasteiger partial charge in [-0.1, -0.05) is 23.7 Å². The monoisotopic (exact) mass is 396 g/mol. The SMILES string of the molecule is COc1ccc(COc2c(C3OC=CO3)ccc(Br)c2Cl)cc1. The summed E-state index contributed by atoms with van der Waals surface area (Å²) in [7, 11) is 1.63. The third-order valence-corrected chi connectivity index (χ3v) is 4.60. The van der Waals surface area contributed by atoms with Gasteiger partial charge in [-0.25, -0.2) is 0 Å². The fraction of sp³-hybridized carbons (Fsp3) is 0.176.